The molecule has 1 saturated heterocycles. The van der Waals surface area contributed by atoms with E-state index in [1.165, 1.54) is 17.8 Å². The summed E-state index contributed by atoms with van der Waals surface area (Å²) in [6.07, 6.45) is 2.13. The average Bonchev–Trinajstić information content (AvgIpc) is 3.36. The number of hydrogen-bond acceptors (Lipinski definition) is 6. The lowest BCUT2D eigenvalue weighted by Crippen LogP contribution is -2.38. The molecule has 7 nitrogen and oxygen atoms in total. The number of nitrogens with one attached hydrogen (secondary N) is 2. The molecule has 4 rings (SSSR count). The standard InChI is InChI=1S/C27H26ClN3O4S2/c28-21-8-6-19(7-9-21)12-13-29-26(33)23(30-25(32)20-4-2-1-3-5-20)18-22-10-11-24(35-22)37-27(36)31-14-16-34-17-15-31/h1-11,18H,12-17H2,(H,29,33)(H,30,32)/b23-18-. The van der Waals surface area contributed by atoms with Crippen LogP contribution in [0.15, 0.2) is 81.9 Å². The molecule has 0 atom stereocenters. The van der Waals surface area contributed by atoms with E-state index in [0.29, 0.717) is 51.9 Å². The Hall–Kier alpha value is -3.11. The van der Waals surface area contributed by atoms with E-state index in [0.717, 1.165) is 18.7 Å². The van der Waals surface area contributed by atoms with Gasteiger partial charge in [0, 0.05) is 36.3 Å². The Morgan fingerprint density at radius 1 is 1.03 bits per heavy atom. The zero-order chi connectivity index (χ0) is 26.0. The number of thioether (sulfide) groups is 1. The second-order valence-corrected chi connectivity index (χ2v) is 10.2. The van der Waals surface area contributed by atoms with E-state index in [-0.39, 0.29) is 5.70 Å². The molecule has 0 spiro atoms. The first kappa shape index (κ1) is 26.9. The van der Waals surface area contributed by atoms with Crippen molar-refractivity contribution in [1.29, 1.82) is 0 Å². The number of thiocarbonyl (C=S) groups is 1. The van der Waals surface area contributed by atoms with Crippen LogP contribution in [0, 0.1) is 0 Å². The van der Waals surface area contributed by atoms with Crippen LogP contribution in [0.2, 0.25) is 5.02 Å². The summed E-state index contributed by atoms with van der Waals surface area (Å²) >= 11 is 12.8. The number of carbonyl (C=O) groups is 2. The van der Waals surface area contributed by atoms with Crippen molar-refractivity contribution >= 4 is 57.8 Å². The fourth-order valence-electron chi connectivity index (χ4n) is 3.51. The van der Waals surface area contributed by atoms with Crippen molar-refractivity contribution in [3.8, 4) is 0 Å². The molecule has 0 unspecified atom stereocenters. The lowest BCUT2D eigenvalue weighted by atomic mass is 10.1. The van der Waals surface area contributed by atoms with Crippen LogP contribution in [-0.2, 0) is 16.0 Å². The SMILES string of the molecule is O=C(NCCc1ccc(Cl)cc1)/C(=C/c1ccc(SC(=S)N2CCOCC2)o1)NC(=O)c1ccccc1. The van der Waals surface area contributed by atoms with Gasteiger partial charge in [-0.25, -0.2) is 0 Å². The normalized spacial score (nSPS) is 13.8. The van der Waals surface area contributed by atoms with Crippen molar-refractivity contribution in [1.82, 2.24) is 15.5 Å². The second-order valence-electron chi connectivity index (χ2n) is 8.13. The first-order chi connectivity index (χ1) is 18.0. The summed E-state index contributed by atoms with van der Waals surface area (Å²) in [6, 6.07) is 19.7. The van der Waals surface area contributed by atoms with E-state index in [9.17, 15) is 9.59 Å². The second kappa shape index (κ2) is 13.4. The molecule has 2 N–H and O–H groups in total. The van der Waals surface area contributed by atoms with Gasteiger partial charge in [-0.15, -0.1) is 0 Å². The number of rotatable bonds is 8. The van der Waals surface area contributed by atoms with E-state index in [4.69, 9.17) is 33.0 Å². The molecular formula is C27H26ClN3O4S2. The molecule has 2 heterocycles. The van der Waals surface area contributed by atoms with Gasteiger partial charge in [0.1, 0.15) is 15.8 Å². The maximum atomic E-state index is 13.0. The molecule has 3 aromatic rings. The number of morpholine rings is 1. The monoisotopic (exact) mass is 555 g/mol. The highest BCUT2D eigenvalue weighted by Crippen LogP contribution is 2.25. The molecule has 10 heteroatoms. The summed E-state index contributed by atoms with van der Waals surface area (Å²) in [5.74, 6) is -0.398. The van der Waals surface area contributed by atoms with E-state index in [1.807, 2.05) is 18.2 Å². The zero-order valence-corrected chi connectivity index (χ0v) is 22.3. The third kappa shape index (κ3) is 8.19. The molecule has 0 bridgehead atoms. The van der Waals surface area contributed by atoms with Crippen LogP contribution < -0.4 is 10.6 Å². The summed E-state index contributed by atoms with van der Waals surface area (Å²) in [6.45, 7) is 3.15. The van der Waals surface area contributed by atoms with Gasteiger partial charge in [-0.1, -0.05) is 54.2 Å². The molecule has 2 amide bonds. The summed E-state index contributed by atoms with van der Waals surface area (Å²) in [4.78, 5) is 27.9. The number of halogens is 1. The predicted octanol–water partition coefficient (Wildman–Crippen LogP) is 4.77. The van der Waals surface area contributed by atoms with Gasteiger partial charge < -0.3 is 24.7 Å². The third-order valence-corrected chi connectivity index (χ3v) is 7.10. The molecule has 1 aliphatic heterocycles. The first-order valence-electron chi connectivity index (χ1n) is 11.7. The van der Waals surface area contributed by atoms with Crippen LogP contribution >= 0.6 is 35.6 Å². The minimum atomic E-state index is -0.423. The Labute approximate surface area is 230 Å². The van der Waals surface area contributed by atoms with E-state index >= 15 is 0 Å². The number of furan rings is 1. The number of hydrogen-bond donors (Lipinski definition) is 2. The fourth-order valence-corrected chi connectivity index (χ4v) is 4.83. The van der Waals surface area contributed by atoms with Gasteiger partial charge in [0.2, 0.25) is 0 Å². The zero-order valence-electron chi connectivity index (χ0n) is 19.9. The van der Waals surface area contributed by atoms with Gasteiger partial charge >= 0.3 is 0 Å². The maximum absolute atomic E-state index is 13.0. The molecule has 0 radical (unpaired) electrons. The van der Waals surface area contributed by atoms with Crippen LogP contribution in [0.3, 0.4) is 0 Å². The number of ether oxygens (including phenoxy) is 1. The van der Waals surface area contributed by atoms with Crippen LogP contribution in [0.4, 0.5) is 0 Å². The number of amides is 2. The van der Waals surface area contributed by atoms with Crippen molar-refractivity contribution in [2.24, 2.45) is 0 Å². The lowest BCUT2D eigenvalue weighted by Gasteiger charge is -2.28. The molecule has 0 aliphatic carbocycles. The van der Waals surface area contributed by atoms with E-state index < -0.39 is 11.8 Å². The summed E-state index contributed by atoms with van der Waals surface area (Å²) < 4.78 is 12.0. The van der Waals surface area contributed by atoms with Crippen molar-refractivity contribution < 1.29 is 18.7 Å². The molecule has 2 aromatic carbocycles. The Morgan fingerprint density at radius 3 is 2.49 bits per heavy atom. The van der Waals surface area contributed by atoms with Crippen LogP contribution in [0.25, 0.3) is 6.08 Å². The highest BCUT2D eigenvalue weighted by molar-refractivity contribution is 8.22. The molecular weight excluding hydrogens is 530 g/mol. The average molecular weight is 556 g/mol. The Morgan fingerprint density at radius 2 is 1.76 bits per heavy atom. The van der Waals surface area contributed by atoms with Crippen LogP contribution in [0.1, 0.15) is 21.7 Å². The maximum Gasteiger partial charge on any atom is 0.267 e. The van der Waals surface area contributed by atoms with Crippen molar-refractivity contribution in [3.05, 3.63) is 94.3 Å². The highest BCUT2D eigenvalue weighted by Gasteiger charge is 2.18. The molecule has 192 valence electrons. The number of carbonyl (C=O) groups excluding carboxylic acids is 2. The fraction of sp³-hybridized carbons (Fsp3) is 0.222. The third-order valence-electron chi connectivity index (χ3n) is 5.49. The molecule has 1 aromatic heterocycles. The smallest absolute Gasteiger partial charge is 0.267 e. The van der Waals surface area contributed by atoms with Gasteiger partial charge in [-0.3, -0.25) is 9.59 Å². The minimum absolute atomic E-state index is 0.0756. The van der Waals surface area contributed by atoms with E-state index in [2.05, 4.69) is 15.5 Å². The number of nitrogens with zero attached hydrogens (tertiary/aromatic N) is 1. The van der Waals surface area contributed by atoms with Crippen molar-refractivity contribution in [3.63, 3.8) is 0 Å². The summed E-state index contributed by atoms with van der Waals surface area (Å²) in [7, 11) is 0. The molecule has 37 heavy (non-hydrogen) atoms. The molecule has 1 fully saturated rings. The Kier molecular flexibility index (Phi) is 9.78. The van der Waals surface area contributed by atoms with Gasteiger partial charge in [0.05, 0.1) is 13.2 Å². The largest absolute Gasteiger partial charge is 0.450 e. The van der Waals surface area contributed by atoms with Gasteiger partial charge in [-0.05, 0) is 60.1 Å². The molecule has 0 saturated carbocycles. The highest BCUT2D eigenvalue weighted by atomic mass is 35.5. The van der Waals surface area contributed by atoms with E-state index in [1.54, 1.807) is 48.5 Å². The summed E-state index contributed by atoms with van der Waals surface area (Å²) in [5.41, 5.74) is 1.55. The van der Waals surface area contributed by atoms with Crippen LogP contribution in [0.5, 0.6) is 0 Å². The Balaban J connectivity index is 1.44. The summed E-state index contributed by atoms with van der Waals surface area (Å²) in [5, 5.41) is 6.83. The molecule has 1 aliphatic rings. The quantitative estimate of drug-likeness (QED) is 0.235. The van der Waals surface area contributed by atoms with Crippen LogP contribution in [-0.4, -0.2) is 53.9 Å². The number of benzene rings is 2. The topological polar surface area (TPSA) is 83.8 Å². The lowest BCUT2D eigenvalue weighted by molar-refractivity contribution is -0.117. The van der Waals surface area contributed by atoms with Crippen molar-refractivity contribution in [2.45, 2.75) is 11.5 Å². The predicted molar refractivity (Wildman–Crippen MR) is 150 cm³/mol. The minimum Gasteiger partial charge on any atom is -0.450 e. The van der Waals surface area contributed by atoms with Gasteiger partial charge in [-0.2, -0.15) is 0 Å². The van der Waals surface area contributed by atoms with Gasteiger partial charge in [0.25, 0.3) is 11.8 Å². The van der Waals surface area contributed by atoms with Crippen molar-refractivity contribution in [2.75, 3.05) is 32.8 Å². The Bertz CT molecular complexity index is 1260. The van der Waals surface area contributed by atoms with Gasteiger partial charge in [0.15, 0.2) is 5.09 Å². The first-order valence-corrected chi connectivity index (χ1v) is 13.3.